The highest BCUT2D eigenvalue weighted by atomic mass is 16.1. The van der Waals surface area contributed by atoms with Crippen molar-refractivity contribution in [2.24, 2.45) is 5.41 Å². The summed E-state index contributed by atoms with van der Waals surface area (Å²) in [6.07, 6.45) is 8.83. The van der Waals surface area contributed by atoms with Crippen LogP contribution in [0.4, 0.5) is 0 Å². The maximum absolute atomic E-state index is 10.9. The minimum absolute atomic E-state index is 0.140. The second-order valence-corrected chi connectivity index (χ2v) is 3.75. The van der Waals surface area contributed by atoms with Gasteiger partial charge in [-0.1, -0.05) is 19.3 Å². The fraction of sp³-hybridized carbons (Fsp3) is 0.800. The average molecular weight is 168 g/mol. The van der Waals surface area contributed by atoms with E-state index in [1.165, 1.54) is 6.42 Å². The van der Waals surface area contributed by atoms with Crippen LogP contribution in [0, 0.1) is 5.41 Å². The molecular formula is C10H16O2. The first-order valence-corrected chi connectivity index (χ1v) is 4.73. The van der Waals surface area contributed by atoms with Gasteiger partial charge in [-0.3, -0.25) is 0 Å². The highest BCUT2D eigenvalue weighted by Gasteiger charge is 2.30. The summed E-state index contributed by atoms with van der Waals surface area (Å²) in [5.41, 5.74) is -0.140. The smallest absolute Gasteiger partial charge is 0.126 e. The van der Waals surface area contributed by atoms with E-state index in [2.05, 4.69) is 0 Å². The lowest BCUT2D eigenvalue weighted by Crippen LogP contribution is -2.25. The second kappa shape index (κ2) is 4.39. The average Bonchev–Trinajstić information content (AvgIpc) is 2.16. The number of rotatable bonds is 4. The van der Waals surface area contributed by atoms with E-state index in [9.17, 15) is 9.59 Å². The van der Waals surface area contributed by atoms with Crippen molar-refractivity contribution in [3.8, 4) is 0 Å². The van der Waals surface area contributed by atoms with Crippen molar-refractivity contribution in [1.29, 1.82) is 0 Å². The topological polar surface area (TPSA) is 34.1 Å². The molecule has 0 aromatic rings. The van der Waals surface area contributed by atoms with E-state index in [1.807, 2.05) is 0 Å². The Morgan fingerprint density at radius 1 is 1.08 bits per heavy atom. The molecule has 1 aliphatic carbocycles. The molecule has 0 atom stereocenters. The Morgan fingerprint density at radius 3 is 2.25 bits per heavy atom. The van der Waals surface area contributed by atoms with Gasteiger partial charge in [-0.2, -0.15) is 0 Å². The molecule has 0 aromatic heterocycles. The molecule has 0 unspecified atom stereocenters. The Bertz CT molecular complexity index is 157. The SMILES string of the molecule is O=CCCC1(C=O)CCCCC1. The van der Waals surface area contributed by atoms with Crippen LogP contribution < -0.4 is 0 Å². The standard InChI is InChI=1S/C10H16O2/c11-8-4-7-10(9-12)5-2-1-3-6-10/h8-9H,1-7H2. The van der Waals surface area contributed by atoms with Gasteiger partial charge in [0.2, 0.25) is 0 Å². The molecule has 0 aliphatic heterocycles. The first-order chi connectivity index (χ1) is 5.83. The highest BCUT2D eigenvalue weighted by molar-refractivity contribution is 5.61. The molecule has 0 aromatic carbocycles. The normalized spacial score (nSPS) is 21.7. The van der Waals surface area contributed by atoms with Gasteiger partial charge in [-0.25, -0.2) is 0 Å². The van der Waals surface area contributed by atoms with Crippen molar-refractivity contribution >= 4 is 12.6 Å². The van der Waals surface area contributed by atoms with Crippen LogP contribution in [0.5, 0.6) is 0 Å². The number of hydrogen-bond acceptors (Lipinski definition) is 2. The van der Waals surface area contributed by atoms with Crippen LogP contribution in [0.15, 0.2) is 0 Å². The summed E-state index contributed by atoms with van der Waals surface area (Å²) >= 11 is 0. The van der Waals surface area contributed by atoms with E-state index in [0.717, 1.165) is 44.7 Å². The molecule has 1 saturated carbocycles. The van der Waals surface area contributed by atoms with Crippen LogP contribution in [-0.2, 0) is 9.59 Å². The van der Waals surface area contributed by atoms with Gasteiger partial charge >= 0.3 is 0 Å². The minimum atomic E-state index is -0.140. The summed E-state index contributed by atoms with van der Waals surface area (Å²) in [4.78, 5) is 21.1. The fourth-order valence-corrected chi connectivity index (χ4v) is 2.03. The van der Waals surface area contributed by atoms with Gasteiger partial charge in [-0.05, 0) is 19.3 Å². The van der Waals surface area contributed by atoms with Crippen LogP contribution >= 0.6 is 0 Å². The molecule has 0 amide bonds. The molecule has 2 nitrogen and oxygen atoms in total. The van der Waals surface area contributed by atoms with Gasteiger partial charge in [0, 0.05) is 11.8 Å². The molecule has 1 rings (SSSR count). The lowest BCUT2D eigenvalue weighted by molar-refractivity contribution is -0.118. The number of hydrogen-bond donors (Lipinski definition) is 0. The third-order valence-corrected chi connectivity index (χ3v) is 2.86. The molecule has 2 heteroatoms. The Labute approximate surface area is 73.3 Å². The quantitative estimate of drug-likeness (QED) is 0.602. The van der Waals surface area contributed by atoms with Gasteiger partial charge < -0.3 is 9.59 Å². The molecule has 12 heavy (non-hydrogen) atoms. The Morgan fingerprint density at radius 2 is 1.75 bits per heavy atom. The molecule has 0 N–H and O–H groups in total. The first-order valence-electron chi connectivity index (χ1n) is 4.73. The van der Waals surface area contributed by atoms with Crippen LogP contribution in [0.3, 0.4) is 0 Å². The van der Waals surface area contributed by atoms with Gasteiger partial charge in [0.15, 0.2) is 0 Å². The minimum Gasteiger partial charge on any atom is -0.303 e. The maximum Gasteiger partial charge on any atom is 0.126 e. The third kappa shape index (κ3) is 2.16. The van der Waals surface area contributed by atoms with Gasteiger partial charge in [-0.15, -0.1) is 0 Å². The first kappa shape index (κ1) is 9.43. The number of carbonyl (C=O) groups excluding carboxylic acids is 2. The van der Waals surface area contributed by atoms with Gasteiger partial charge in [0.1, 0.15) is 12.6 Å². The van der Waals surface area contributed by atoms with E-state index in [1.54, 1.807) is 0 Å². The Balaban J connectivity index is 2.47. The van der Waals surface area contributed by atoms with Crippen molar-refractivity contribution in [3.63, 3.8) is 0 Å². The van der Waals surface area contributed by atoms with E-state index in [0.29, 0.717) is 6.42 Å². The van der Waals surface area contributed by atoms with Gasteiger partial charge in [0.25, 0.3) is 0 Å². The van der Waals surface area contributed by atoms with E-state index in [-0.39, 0.29) is 5.41 Å². The van der Waals surface area contributed by atoms with Crippen LogP contribution in [0.2, 0.25) is 0 Å². The van der Waals surface area contributed by atoms with Gasteiger partial charge in [0.05, 0.1) is 0 Å². The number of carbonyl (C=O) groups is 2. The Hall–Kier alpha value is -0.660. The number of aldehydes is 2. The molecule has 0 spiro atoms. The molecular weight excluding hydrogens is 152 g/mol. The monoisotopic (exact) mass is 168 g/mol. The van der Waals surface area contributed by atoms with Crippen molar-refractivity contribution in [2.75, 3.05) is 0 Å². The molecule has 1 aliphatic rings. The van der Waals surface area contributed by atoms with Crippen molar-refractivity contribution in [1.82, 2.24) is 0 Å². The highest BCUT2D eigenvalue weighted by Crippen LogP contribution is 2.37. The predicted octanol–water partition coefficient (Wildman–Crippen LogP) is 2.11. The third-order valence-electron chi connectivity index (χ3n) is 2.86. The molecule has 1 fully saturated rings. The zero-order valence-electron chi connectivity index (χ0n) is 7.42. The van der Waals surface area contributed by atoms with Crippen molar-refractivity contribution in [3.05, 3.63) is 0 Å². The zero-order valence-corrected chi connectivity index (χ0v) is 7.42. The lowest BCUT2D eigenvalue weighted by atomic mass is 9.72. The summed E-state index contributed by atoms with van der Waals surface area (Å²) < 4.78 is 0. The van der Waals surface area contributed by atoms with E-state index < -0.39 is 0 Å². The fourth-order valence-electron chi connectivity index (χ4n) is 2.03. The van der Waals surface area contributed by atoms with Crippen molar-refractivity contribution < 1.29 is 9.59 Å². The van der Waals surface area contributed by atoms with E-state index >= 15 is 0 Å². The molecule has 0 radical (unpaired) electrons. The largest absolute Gasteiger partial charge is 0.303 e. The second-order valence-electron chi connectivity index (χ2n) is 3.75. The summed E-state index contributed by atoms with van der Waals surface area (Å²) in [6, 6.07) is 0. The van der Waals surface area contributed by atoms with E-state index in [4.69, 9.17) is 0 Å². The van der Waals surface area contributed by atoms with Crippen LogP contribution in [-0.4, -0.2) is 12.6 Å². The van der Waals surface area contributed by atoms with Crippen LogP contribution in [0.1, 0.15) is 44.9 Å². The summed E-state index contributed by atoms with van der Waals surface area (Å²) in [6.45, 7) is 0. The zero-order chi connectivity index (χ0) is 8.86. The molecule has 0 heterocycles. The lowest BCUT2D eigenvalue weighted by Gasteiger charge is -2.31. The van der Waals surface area contributed by atoms with Crippen molar-refractivity contribution in [2.45, 2.75) is 44.9 Å². The summed E-state index contributed by atoms with van der Waals surface area (Å²) in [5, 5.41) is 0. The molecule has 0 bridgehead atoms. The summed E-state index contributed by atoms with van der Waals surface area (Å²) in [7, 11) is 0. The van der Waals surface area contributed by atoms with Crippen LogP contribution in [0.25, 0.3) is 0 Å². The predicted molar refractivity (Wildman–Crippen MR) is 46.9 cm³/mol. The maximum atomic E-state index is 10.9. The molecule has 0 saturated heterocycles. The summed E-state index contributed by atoms with van der Waals surface area (Å²) in [5.74, 6) is 0. The molecule has 68 valence electrons. The Kier molecular flexibility index (Phi) is 3.45.